The van der Waals surface area contributed by atoms with Gasteiger partial charge in [-0.2, -0.15) is 0 Å². The van der Waals surface area contributed by atoms with Crippen molar-refractivity contribution in [2.75, 3.05) is 13.2 Å². The third-order valence-electron chi connectivity index (χ3n) is 3.33. The Kier molecular flexibility index (Phi) is 4.65. The largest absolute Gasteiger partial charge is 0.476 e. The van der Waals surface area contributed by atoms with Gasteiger partial charge in [-0.3, -0.25) is 0 Å². The van der Waals surface area contributed by atoms with Crippen LogP contribution in [0.3, 0.4) is 0 Å². The zero-order chi connectivity index (χ0) is 12.3. The number of aromatic nitrogens is 1. The number of nitrogens with two attached hydrogens (primary N) is 1. The first kappa shape index (κ1) is 13.1. The molecule has 0 saturated heterocycles. The predicted octanol–water partition coefficient (Wildman–Crippen LogP) is 3.25. The molecule has 1 aliphatic rings. The third kappa shape index (κ3) is 3.33. The molecule has 5 heteroatoms. The summed E-state index contributed by atoms with van der Waals surface area (Å²) < 4.78 is 6.55. The van der Waals surface area contributed by atoms with Crippen LogP contribution in [0.5, 0.6) is 5.88 Å². The molecule has 0 aliphatic heterocycles. The van der Waals surface area contributed by atoms with E-state index < -0.39 is 0 Å². The molecule has 0 radical (unpaired) electrons. The van der Waals surface area contributed by atoms with E-state index in [1.807, 2.05) is 0 Å². The van der Waals surface area contributed by atoms with Crippen molar-refractivity contribution in [2.45, 2.75) is 19.3 Å². The minimum atomic E-state index is 0.512. The molecule has 1 aliphatic carbocycles. The molecule has 1 fully saturated rings. The van der Waals surface area contributed by atoms with E-state index in [2.05, 4.69) is 20.9 Å². The highest BCUT2D eigenvalue weighted by molar-refractivity contribution is 9.10. The second-order valence-electron chi connectivity index (χ2n) is 4.44. The lowest BCUT2D eigenvalue weighted by Crippen LogP contribution is -2.23. The fourth-order valence-corrected chi connectivity index (χ4v) is 3.02. The minimum absolute atomic E-state index is 0.512. The summed E-state index contributed by atoms with van der Waals surface area (Å²) in [7, 11) is 0. The Labute approximate surface area is 115 Å². The lowest BCUT2D eigenvalue weighted by atomic mass is 9.97. The fourth-order valence-electron chi connectivity index (χ4n) is 2.34. The van der Waals surface area contributed by atoms with Gasteiger partial charge in [0.15, 0.2) is 0 Å². The fraction of sp³-hybridized carbons (Fsp3) is 0.583. The van der Waals surface area contributed by atoms with Crippen molar-refractivity contribution in [3.8, 4) is 5.88 Å². The van der Waals surface area contributed by atoms with E-state index >= 15 is 0 Å². The maximum atomic E-state index is 6.04. The first-order valence-electron chi connectivity index (χ1n) is 5.84. The second kappa shape index (κ2) is 6.03. The van der Waals surface area contributed by atoms with Crippen LogP contribution in [0.4, 0.5) is 0 Å². The van der Waals surface area contributed by atoms with Gasteiger partial charge in [-0.05, 0) is 53.2 Å². The molecule has 0 spiro atoms. The molecular formula is C12H16BrClN2O. The highest BCUT2D eigenvalue weighted by Gasteiger charge is 2.26. The Bertz CT molecular complexity index is 389. The van der Waals surface area contributed by atoms with Crippen LogP contribution in [0.1, 0.15) is 19.3 Å². The summed E-state index contributed by atoms with van der Waals surface area (Å²) in [4.78, 5) is 4.16. The molecule has 2 N–H and O–H groups in total. The smallest absolute Gasteiger partial charge is 0.232 e. The summed E-state index contributed by atoms with van der Waals surface area (Å²) in [6, 6.07) is 1.79. The molecule has 2 rings (SSSR count). The number of hydrogen-bond acceptors (Lipinski definition) is 3. The quantitative estimate of drug-likeness (QED) is 0.926. The average molecular weight is 320 g/mol. The van der Waals surface area contributed by atoms with Crippen LogP contribution in [0.15, 0.2) is 16.7 Å². The standard InChI is InChI=1S/C12H16BrClN2O/c13-10-4-11(14)12(16-6-10)17-7-9-3-1-2-8(9)5-15/h4,6,8-9H,1-3,5,7,15H2. The van der Waals surface area contributed by atoms with Gasteiger partial charge in [-0.1, -0.05) is 18.0 Å². The molecule has 1 saturated carbocycles. The summed E-state index contributed by atoms with van der Waals surface area (Å²) in [5.41, 5.74) is 5.74. The molecule has 2 atom stereocenters. The average Bonchev–Trinajstić information content (AvgIpc) is 2.75. The van der Waals surface area contributed by atoms with Crippen LogP contribution in [-0.2, 0) is 0 Å². The number of pyridine rings is 1. The molecule has 1 aromatic heterocycles. The molecule has 0 bridgehead atoms. The number of ether oxygens (including phenoxy) is 1. The highest BCUT2D eigenvalue weighted by Crippen LogP contribution is 2.32. The summed E-state index contributed by atoms with van der Waals surface area (Å²) in [5, 5.41) is 0.543. The molecule has 1 heterocycles. The molecule has 0 aromatic carbocycles. The van der Waals surface area contributed by atoms with Crippen LogP contribution in [0.2, 0.25) is 5.02 Å². The molecule has 0 amide bonds. The van der Waals surface area contributed by atoms with Crippen LogP contribution in [-0.4, -0.2) is 18.1 Å². The summed E-state index contributed by atoms with van der Waals surface area (Å²) in [6.07, 6.45) is 5.34. The van der Waals surface area contributed by atoms with E-state index in [0.29, 0.717) is 29.3 Å². The Morgan fingerprint density at radius 1 is 1.47 bits per heavy atom. The van der Waals surface area contributed by atoms with E-state index in [1.54, 1.807) is 12.3 Å². The molecule has 3 nitrogen and oxygen atoms in total. The Balaban J connectivity index is 1.93. The zero-order valence-corrected chi connectivity index (χ0v) is 11.9. The third-order valence-corrected chi connectivity index (χ3v) is 4.03. The molecule has 2 unspecified atom stereocenters. The van der Waals surface area contributed by atoms with Gasteiger partial charge in [-0.15, -0.1) is 0 Å². The van der Waals surface area contributed by atoms with E-state index in [1.165, 1.54) is 19.3 Å². The Hall–Kier alpha value is -0.320. The highest BCUT2D eigenvalue weighted by atomic mass is 79.9. The second-order valence-corrected chi connectivity index (χ2v) is 5.76. The van der Waals surface area contributed by atoms with Gasteiger partial charge >= 0.3 is 0 Å². The summed E-state index contributed by atoms with van der Waals surface area (Å²) in [6.45, 7) is 1.41. The number of hydrogen-bond donors (Lipinski definition) is 1. The van der Waals surface area contributed by atoms with E-state index in [0.717, 1.165) is 11.0 Å². The van der Waals surface area contributed by atoms with Gasteiger partial charge in [0.25, 0.3) is 0 Å². The monoisotopic (exact) mass is 318 g/mol. The van der Waals surface area contributed by atoms with E-state index in [9.17, 15) is 0 Å². The number of halogens is 2. The topological polar surface area (TPSA) is 48.1 Å². The minimum Gasteiger partial charge on any atom is -0.476 e. The van der Waals surface area contributed by atoms with Gasteiger partial charge in [0.2, 0.25) is 5.88 Å². The Morgan fingerprint density at radius 2 is 2.24 bits per heavy atom. The van der Waals surface area contributed by atoms with E-state index in [4.69, 9.17) is 22.1 Å². The van der Waals surface area contributed by atoms with Crippen LogP contribution < -0.4 is 10.5 Å². The van der Waals surface area contributed by atoms with Gasteiger partial charge in [0.1, 0.15) is 5.02 Å². The van der Waals surface area contributed by atoms with Crippen LogP contribution in [0, 0.1) is 11.8 Å². The predicted molar refractivity (Wildman–Crippen MR) is 72.3 cm³/mol. The van der Waals surface area contributed by atoms with Gasteiger partial charge in [0.05, 0.1) is 6.61 Å². The molecule has 17 heavy (non-hydrogen) atoms. The van der Waals surface area contributed by atoms with Crippen molar-refractivity contribution in [2.24, 2.45) is 17.6 Å². The molecule has 94 valence electrons. The normalized spacial score (nSPS) is 23.9. The van der Waals surface area contributed by atoms with Crippen LogP contribution in [0.25, 0.3) is 0 Å². The maximum absolute atomic E-state index is 6.04. The SMILES string of the molecule is NCC1CCCC1COc1ncc(Br)cc1Cl. The lowest BCUT2D eigenvalue weighted by Gasteiger charge is -2.18. The summed E-state index contributed by atoms with van der Waals surface area (Å²) in [5.74, 6) is 1.64. The first-order chi connectivity index (χ1) is 8.20. The van der Waals surface area contributed by atoms with Crippen molar-refractivity contribution in [1.82, 2.24) is 4.98 Å². The van der Waals surface area contributed by atoms with Crippen molar-refractivity contribution in [3.05, 3.63) is 21.8 Å². The maximum Gasteiger partial charge on any atom is 0.232 e. The van der Waals surface area contributed by atoms with Gasteiger partial charge in [0, 0.05) is 10.7 Å². The van der Waals surface area contributed by atoms with Crippen LogP contribution >= 0.6 is 27.5 Å². The molecular weight excluding hydrogens is 304 g/mol. The van der Waals surface area contributed by atoms with Gasteiger partial charge in [-0.25, -0.2) is 4.98 Å². The van der Waals surface area contributed by atoms with Crippen molar-refractivity contribution < 1.29 is 4.74 Å². The summed E-state index contributed by atoms with van der Waals surface area (Å²) >= 11 is 9.36. The van der Waals surface area contributed by atoms with Crippen molar-refractivity contribution in [3.63, 3.8) is 0 Å². The lowest BCUT2D eigenvalue weighted by molar-refractivity contribution is 0.210. The first-order valence-corrected chi connectivity index (χ1v) is 7.01. The number of rotatable bonds is 4. The van der Waals surface area contributed by atoms with Crippen molar-refractivity contribution >= 4 is 27.5 Å². The van der Waals surface area contributed by atoms with Crippen molar-refractivity contribution in [1.29, 1.82) is 0 Å². The number of nitrogens with zero attached hydrogens (tertiary/aromatic N) is 1. The van der Waals surface area contributed by atoms with Gasteiger partial charge < -0.3 is 10.5 Å². The van der Waals surface area contributed by atoms with E-state index in [-0.39, 0.29) is 0 Å². The Morgan fingerprint density at radius 3 is 2.94 bits per heavy atom. The zero-order valence-electron chi connectivity index (χ0n) is 9.53. The molecule has 1 aromatic rings.